The fraction of sp³-hybridized carbons (Fsp3) is 0.634. The van der Waals surface area contributed by atoms with Gasteiger partial charge in [-0.3, -0.25) is 19.1 Å². The standard InChI is InChI=1S/C41H54F3N5O9S/c1-24-33-27(29-20-26(13-14-30(29)46-24)56-23-41(42,43)44)15-16-40(57-33)21-32(34(45)50)49(22-40)36(52)31(47-37(53)58-38(2,3)4)12-10-8-6-7-9-11-25-19-28(25)35(51)48-59(54,55)39(5)17-18-39/h9,11,13-14,20,25,28,31-32H,6-8,10,12,15-19,21-23H2,1-5H3,(H2,45,50)(H,47,53)(H,48,51)/b11-9-/t25-,28+,31+,32+,40-/m1/s1. The van der Waals surface area contributed by atoms with E-state index in [0.29, 0.717) is 73.7 Å². The summed E-state index contributed by atoms with van der Waals surface area (Å²) in [4.78, 5) is 58.7. The molecule has 59 heavy (non-hydrogen) atoms. The van der Waals surface area contributed by atoms with Gasteiger partial charge in [0.25, 0.3) is 0 Å². The van der Waals surface area contributed by atoms with Gasteiger partial charge in [0.2, 0.25) is 27.7 Å². The summed E-state index contributed by atoms with van der Waals surface area (Å²) in [7, 11) is -3.67. The first kappa shape index (κ1) is 44.0. The van der Waals surface area contributed by atoms with E-state index in [0.717, 1.165) is 12.0 Å². The van der Waals surface area contributed by atoms with E-state index in [1.54, 1.807) is 40.7 Å². The first-order valence-electron chi connectivity index (χ1n) is 20.1. The molecule has 3 heterocycles. The van der Waals surface area contributed by atoms with Crippen molar-refractivity contribution in [1.82, 2.24) is 19.9 Å². The summed E-state index contributed by atoms with van der Waals surface area (Å²) in [5.41, 5.74) is 5.83. The van der Waals surface area contributed by atoms with Crippen molar-refractivity contribution < 1.29 is 55.0 Å². The van der Waals surface area contributed by atoms with Crippen LogP contribution in [0.3, 0.4) is 0 Å². The number of nitrogens with zero attached hydrogens (tertiary/aromatic N) is 2. The Labute approximate surface area is 342 Å². The van der Waals surface area contributed by atoms with Crippen molar-refractivity contribution in [2.45, 2.75) is 139 Å². The van der Waals surface area contributed by atoms with Gasteiger partial charge in [0.15, 0.2) is 6.61 Å². The average Bonchev–Trinajstić information content (AvgIpc) is 4.05. The van der Waals surface area contributed by atoms with Crippen LogP contribution in [0, 0.1) is 18.8 Å². The molecule has 0 radical (unpaired) electrons. The van der Waals surface area contributed by atoms with E-state index < -0.39 is 74.7 Å². The highest BCUT2D eigenvalue weighted by atomic mass is 32.2. The van der Waals surface area contributed by atoms with Crippen LogP contribution in [0.4, 0.5) is 18.0 Å². The monoisotopic (exact) mass is 849 g/mol. The van der Waals surface area contributed by atoms with Crippen molar-refractivity contribution in [3.8, 4) is 11.5 Å². The number of aryl methyl sites for hydroxylation is 2. The Hall–Kier alpha value is -4.61. The number of ether oxygens (including phenoxy) is 3. The van der Waals surface area contributed by atoms with Gasteiger partial charge in [0.05, 0.1) is 22.5 Å². The number of sulfonamides is 1. The summed E-state index contributed by atoms with van der Waals surface area (Å²) in [6.07, 6.45) is 4.09. The minimum absolute atomic E-state index is 0.00614. The average molecular weight is 850 g/mol. The summed E-state index contributed by atoms with van der Waals surface area (Å²) < 4.78 is 81.9. The molecule has 14 nitrogen and oxygen atoms in total. The van der Waals surface area contributed by atoms with E-state index in [1.807, 2.05) is 12.2 Å². The molecule has 2 aliphatic carbocycles. The van der Waals surface area contributed by atoms with Crippen LogP contribution in [0.2, 0.25) is 0 Å². The number of likely N-dealkylation sites (tertiary alicyclic amines) is 1. The molecule has 1 saturated heterocycles. The number of pyridine rings is 1. The van der Waals surface area contributed by atoms with Crippen LogP contribution >= 0.6 is 0 Å². The molecule has 4 aliphatic rings. The molecule has 1 spiro atoms. The summed E-state index contributed by atoms with van der Waals surface area (Å²) >= 11 is 0. The lowest BCUT2D eigenvalue weighted by Gasteiger charge is -2.37. The van der Waals surface area contributed by atoms with Gasteiger partial charge in [-0.25, -0.2) is 18.2 Å². The number of fused-ring (bicyclic) bond motifs is 3. The minimum Gasteiger partial charge on any atom is -0.484 e. The quantitative estimate of drug-likeness (QED) is 0.148. The van der Waals surface area contributed by atoms with E-state index in [1.165, 1.54) is 17.0 Å². The number of alkyl halides is 3. The first-order valence-corrected chi connectivity index (χ1v) is 21.6. The van der Waals surface area contributed by atoms with Gasteiger partial charge in [-0.1, -0.05) is 25.0 Å². The molecule has 6 rings (SSSR count). The molecule has 1 aromatic carbocycles. The third kappa shape index (κ3) is 10.6. The highest BCUT2D eigenvalue weighted by Crippen LogP contribution is 2.46. The zero-order valence-corrected chi connectivity index (χ0v) is 34.9. The van der Waals surface area contributed by atoms with Crippen LogP contribution in [0.15, 0.2) is 30.4 Å². The van der Waals surface area contributed by atoms with E-state index in [9.17, 15) is 40.8 Å². The fourth-order valence-corrected chi connectivity index (χ4v) is 9.15. The van der Waals surface area contributed by atoms with Crippen LogP contribution in [-0.4, -0.2) is 89.5 Å². The molecule has 1 aromatic heterocycles. The van der Waals surface area contributed by atoms with Crippen LogP contribution in [0.5, 0.6) is 11.5 Å². The predicted octanol–water partition coefficient (Wildman–Crippen LogP) is 5.67. The molecule has 2 aliphatic heterocycles. The Morgan fingerprint density at radius 2 is 1.85 bits per heavy atom. The normalized spacial score (nSPS) is 24.0. The molecule has 0 bridgehead atoms. The number of rotatable bonds is 15. The predicted molar refractivity (Wildman–Crippen MR) is 211 cm³/mol. The Kier molecular flexibility index (Phi) is 12.3. The number of allylic oxidation sites excluding steroid dienone is 2. The Morgan fingerprint density at radius 3 is 2.51 bits per heavy atom. The number of hydrogen-bond acceptors (Lipinski definition) is 10. The van der Waals surface area contributed by atoms with Crippen molar-refractivity contribution in [3.63, 3.8) is 0 Å². The Balaban J connectivity index is 1.08. The highest BCUT2D eigenvalue weighted by Gasteiger charge is 2.54. The molecule has 324 valence electrons. The number of alkyl carbamates (subject to hydrolysis) is 1. The number of nitrogens with one attached hydrogen (secondary N) is 2. The van der Waals surface area contributed by atoms with Gasteiger partial charge in [0.1, 0.15) is 34.8 Å². The fourth-order valence-electron chi connectivity index (χ4n) is 7.84. The Morgan fingerprint density at radius 1 is 1.12 bits per heavy atom. The number of hydrogen-bond donors (Lipinski definition) is 3. The second-order valence-electron chi connectivity index (χ2n) is 17.7. The third-order valence-corrected chi connectivity index (χ3v) is 13.7. The topological polar surface area (TPSA) is 196 Å². The number of carbonyl (C=O) groups excluding carboxylic acids is 4. The smallest absolute Gasteiger partial charge is 0.422 e. The van der Waals surface area contributed by atoms with Crippen molar-refractivity contribution in [2.75, 3.05) is 13.2 Å². The van der Waals surface area contributed by atoms with Crippen LogP contribution in [0.1, 0.15) is 103 Å². The van der Waals surface area contributed by atoms with Gasteiger partial charge in [-0.2, -0.15) is 13.2 Å². The number of amides is 4. The highest BCUT2D eigenvalue weighted by molar-refractivity contribution is 7.91. The number of halogens is 3. The molecule has 5 atom stereocenters. The number of nitrogens with two attached hydrogens (primary N) is 1. The lowest BCUT2D eigenvalue weighted by Crippen LogP contribution is -2.54. The van der Waals surface area contributed by atoms with Crippen LogP contribution < -0.4 is 25.2 Å². The number of unbranched alkanes of at least 4 members (excludes halogenated alkanes) is 3. The molecule has 18 heteroatoms. The largest absolute Gasteiger partial charge is 0.484 e. The summed E-state index contributed by atoms with van der Waals surface area (Å²) in [5.74, 6) is -1.63. The van der Waals surface area contributed by atoms with E-state index in [4.69, 9.17) is 19.9 Å². The molecule has 4 N–H and O–H groups in total. The van der Waals surface area contributed by atoms with E-state index in [2.05, 4.69) is 15.0 Å². The SMILES string of the molecule is Cc1nc2ccc(OCC(F)(F)F)cc2c2c1O[C@]1(CC2)C[C@@H](C(N)=O)N(C(=O)[C@H](CCCCC/C=C\[C@@H]2C[C@@H]2C(=O)NS(=O)(=O)C2(C)CC2)NC(=O)OC(C)(C)C)C1. The first-order chi connectivity index (χ1) is 27.5. The molecular weight excluding hydrogens is 796 g/mol. The maximum Gasteiger partial charge on any atom is 0.422 e. The maximum absolute atomic E-state index is 14.3. The molecular formula is C41H54F3N5O9S. The zero-order chi connectivity index (χ0) is 43.1. The minimum atomic E-state index is -4.51. The van der Waals surface area contributed by atoms with Crippen LogP contribution in [-0.2, 0) is 35.6 Å². The zero-order valence-electron chi connectivity index (χ0n) is 34.1. The van der Waals surface area contributed by atoms with Gasteiger partial charge < -0.3 is 30.2 Å². The van der Waals surface area contributed by atoms with Crippen molar-refractivity contribution >= 4 is 44.7 Å². The van der Waals surface area contributed by atoms with Crippen molar-refractivity contribution in [2.24, 2.45) is 17.6 Å². The summed E-state index contributed by atoms with van der Waals surface area (Å²) in [5, 5.41) is 3.28. The van der Waals surface area contributed by atoms with Gasteiger partial charge in [-0.05, 0) is 110 Å². The Bertz CT molecular complexity index is 2120. The summed E-state index contributed by atoms with van der Waals surface area (Å²) in [6.45, 7) is 7.03. The number of primary amides is 1. The molecule has 2 saturated carbocycles. The molecule has 4 amide bonds. The number of aromatic nitrogens is 1. The number of benzene rings is 1. The van der Waals surface area contributed by atoms with E-state index >= 15 is 0 Å². The lowest BCUT2D eigenvalue weighted by atomic mass is 9.87. The van der Waals surface area contributed by atoms with Crippen molar-refractivity contribution in [3.05, 3.63) is 41.6 Å². The van der Waals surface area contributed by atoms with Gasteiger partial charge in [0, 0.05) is 23.3 Å². The maximum atomic E-state index is 14.3. The third-order valence-electron chi connectivity index (χ3n) is 11.5. The van der Waals surface area contributed by atoms with Gasteiger partial charge >= 0.3 is 12.3 Å². The second kappa shape index (κ2) is 16.4. The van der Waals surface area contributed by atoms with Crippen LogP contribution in [0.25, 0.3) is 10.9 Å². The van der Waals surface area contributed by atoms with E-state index in [-0.39, 0.29) is 37.0 Å². The molecule has 3 fully saturated rings. The molecule has 0 unspecified atom stereocenters. The summed E-state index contributed by atoms with van der Waals surface area (Å²) in [6, 6.07) is 2.43. The number of carbonyl (C=O) groups is 4. The van der Waals surface area contributed by atoms with Crippen molar-refractivity contribution in [1.29, 1.82) is 0 Å². The molecule has 2 aromatic rings. The van der Waals surface area contributed by atoms with Gasteiger partial charge in [-0.15, -0.1) is 0 Å². The second-order valence-corrected chi connectivity index (χ2v) is 19.8. The lowest BCUT2D eigenvalue weighted by molar-refractivity contribution is -0.153.